The van der Waals surface area contributed by atoms with Crippen LogP contribution in [-0.4, -0.2) is 0 Å². The maximum Gasteiger partial charge on any atom is 0.530 e. The number of hydrogen-bond acceptors (Lipinski definition) is 3. The first-order valence-electron chi connectivity index (χ1n) is 5.15. The van der Waals surface area contributed by atoms with Crippen LogP contribution >= 0.6 is 29.8 Å². The summed E-state index contributed by atoms with van der Waals surface area (Å²) < 4.78 is 35.1. The molecule has 0 aliphatic rings. The summed E-state index contributed by atoms with van der Waals surface area (Å²) in [5.41, 5.74) is 0. The highest BCUT2D eigenvalue weighted by atomic mass is 35.7. The van der Waals surface area contributed by atoms with Crippen LogP contribution in [0.1, 0.15) is 0 Å². The lowest BCUT2D eigenvalue weighted by atomic mass is 10.3. The van der Waals surface area contributed by atoms with E-state index in [-0.39, 0.29) is 11.5 Å². The third-order valence-corrected chi connectivity index (χ3v) is 3.58. The van der Waals surface area contributed by atoms with Crippen molar-refractivity contribution >= 4 is 29.8 Å². The maximum absolute atomic E-state index is 13.3. The fourth-order valence-electron chi connectivity index (χ4n) is 1.28. The Balaban J connectivity index is 2.13. The van der Waals surface area contributed by atoms with Crippen LogP contribution in [0.5, 0.6) is 11.5 Å². The largest absolute Gasteiger partial charge is 0.530 e. The Morgan fingerprint density at radius 3 is 2.26 bits per heavy atom. The summed E-state index contributed by atoms with van der Waals surface area (Å²) >= 11 is 11.3. The number of rotatable bonds is 4. The Hall–Kier alpha value is -1.22. The maximum atomic E-state index is 13.3. The lowest BCUT2D eigenvalue weighted by Gasteiger charge is -2.13. The Morgan fingerprint density at radius 2 is 1.63 bits per heavy atom. The van der Waals surface area contributed by atoms with Crippen molar-refractivity contribution in [2.45, 2.75) is 0 Å². The molecule has 0 saturated heterocycles. The predicted octanol–water partition coefficient (Wildman–Crippen LogP) is 5.28. The topological polar surface area (TPSA) is 35.5 Å². The van der Waals surface area contributed by atoms with Gasteiger partial charge in [0.05, 0.1) is 0 Å². The van der Waals surface area contributed by atoms with Crippen LogP contribution in [0.4, 0.5) is 4.39 Å². The number of halogens is 3. The van der Waals surface area contributed by atoms with E-state index in [1.807, 2.05) is 0 Å². The van der Waals surface area contributed by atoms with E-state index in [1.54, 1.807) is 0 Å². The first-order chi connectivity index (χ1) is 8.96. The minimum absolute atomic E-state index is 0.207. The minimum atomic E-state index is -3.99. The first-order valence-corrected chi connectivity index (χ1v) is 7.98. The zero-order valence-electron chi connectivity index (χ0n) is 9.42. The highest BCUT2D eigenvalue weighted by molar-refractivity contribution is 7.82. The molecule has 0 aliphatic heterocycles. The zero-order valence-corrected chi connectivity index (χ0v) is 11.8. The molecule has 0 aliphatic carbocycles. The van der Waals surface area contributed by atoms with Crippen LogP contribution in [0.15, 0.2) is 48.5 Å². The highest BCUT2D eigenvalue weighted by Crippen LogP contribution is 2.53. The summed E-state index contributed by atoms with van der Waals surface area (Å²) in [4.78, 5) is 0. The molecule has 2 aromatic carbocycles. The Bertz CT molecular complexity index is 619. The monoisotopic (exact) mass is 320 g/mol. The van der Waals surface area contributed by atoms with Crippen LogP contribution < -0.4 is 9.05 Å². The summed E-state index contributed by atoms with van der Waals surface area (Å²) in [7, 11) is 0. The van der Waals surface area contributed by atoms with Gasteiger partial charge in [0, 0.05) is 16.3 Å². The summed E-state index contributed by atoms with van der Waals surface area (Å²) in [6.07, 6.45) is 0. The number of para-hydroxylation sites is 1. The average molecular weight is 321 g/mol. The second-order valence-electron chi connectivity index (χ2n) is 3.50. The van der Waals surface area contributed by atoms with E-state index in [2.05, 4.69) is 0 Å². The first kappa shape index (κ1) is 14.2. The van der Waals surface area contributed by atoms with Crippen molar-refractivity contribution in [3.05, 3.63) is 59.4 Å². The molecule has 19 heavy (non-hydrogen) atoms. The van der Waals surface area contributed by atoms with Crippen LogP contribution in [0.3, 0.4) is 0 Å². The van der Waals surface area contributed by atoms with Gasteiger partial charge in [-0.3, -0.25) is 0 Å². The molecule has 0 spiro atoms. The van der Waals surface area contributed by atoms with E-state index in [0.29, 0.717) is 5.02 Å². The summed E-state index contributed by atoms with van der Waals surface area (Å²) in [6.45, 7) is -3.99. The van der Waals surface area contributed by atoms with Gasteiger partial charge in [-0.05, 0) is 36.4 Å². The molecule has 0 bridgehead atoms. The van der Waals surface area contributed by atoms with Crippen LogP contribution in [0, 0.1) is 5.82 Å². The van der Waals surface area contributed by atoms with Gasteiger partial charge >= 0.3 is 6.95 Å². The van der Waals surface area contributed by atoms with Gasteiger partial charge in [-0.2, -0.15) is 0 Å². The van der Waals surface area contributed by atoms with Crippen LogP contribution in [-0.2, 0) is 4.57 Å². The lowest BCUT2D eigenvalue weighted by Crippen LogP contribution is -1.96. The van der Waals surface area contributed by atoms with E-state index < -0.39 is 12.8 Å². The smallest absolute Gasteiger partial charge is 0.405 e. The van der Waals surface area contributed by atoms with E-state index in [4.69, 9.17) is 31.9 Å². The van der Waals surface area contributed by atoms with Crippen molar-refractivity contribution in [2.24, 2.45) is 0 Å². The molecule has 0 heterocycles. The molecule has 1 unspecified atom stereocenters. The molecule has 1 atom stereocenters. The second kappa shape index (κ2) is 5.83. The van der Waals surface area contributed by atoms with Crippen molar-refractivity contribution in [1.29, 1.82) is 0 Å². The molecule has 2 rings (SSSR count). The third kappa shape index (κ3) is 4.13. The zero-order chi connectivity index (χ0) is 13.9. The van der Waals surface area contributed by atoms with Gasteiger partial charge < -0.3 is 9.05 Å². The molecule has 2 aromatic rings. The molecule has 7 heteroatoms. The van der Waals surface area contributed by atoms with Gasteiger partial charge in [-0.15, -0.1) is 0 Å². The standard InChI is InChI=1S/C12H8Cl2FO3P/c13-9-5-7-10(8-6-9)17-19(14,16)18-12-4-2-1-3-11(12)15/h1-8H. The van der Waals surface area contributed by atoms with E-state index in [9.17, 15) is 8.96 Å². The fraction of sp³-hybridized carbons (Fsp3) is 0. The molecule has 3 nitrogen and oxygen atoms in total. The normalized spacial score (nSPS) is 13.6. The van der Waals surface area contributed by atoms with Crippen molar-refractivity contribution in [3.8, 4) is 11.5 Å². The summed E-state index contributed by atoms with van der Waals surface area (Å²) in [6, 6.07) is 11.5. The molecule has 100 valence electrons. The van der Waals surface area contributed by atoms with E-state index >= 15 is 0 Å². The molecule has 0 N–H and O–H groups in total. The van der Waals surface area contributed by atoms with Crippen molar-refractivity contribution in [1.82, 2.24) is 0 Å². The molecular formula is C12H8Cl2FO3P. The van der Waals surface area contributed by atoms with E-state index in [1.165, 1.54) is 42.5 Å². The van der Waals surface area contributed by atoms with Gasteiger partial charge in [0.25, 0.3) is 0 Å². The summed E-state index contributed by atoms with van der Waals surface area (Å²) in [5, 5.41) is 0.492. The molecule has 0 fully saturated rings. The van der Waals surface area contributed by atoms with Crippen LogP contribution in [0.25, 0.3) is 0 Å². The highest BCUT2D eigenvalue weighted by Gasteiger charge is 2.26. The number of benzene rings is 2. The van der Waals surface area contributed by atoms with Crippen molar-refractivity contribution in [2.75, 3.05) is 0 Å². The number of hydrogen-bond donors (Lipinski definition) is 0. The van der Waals surface area contributed by atoms with Gasteiger partial charge in [0.2, 0.25) is 0 Å². The van der Waals surface area contributed by atoms with Crippen molar-refractivity contribution in [3.63, 3.8) is 0 Å². The minimum Gasteiger partial charge on any atom is -0.405 e. The molecule has 0 aromatic heterocycles. The van der Waals surface area contributed by atoms with Gasteiger partial charge in [0.15, 0.2) is 11.6 Å². The van der Waals surface area contributed by atoms with Gasteiger partial charge in [-0.25, -0.2) is 8.96 Å². The second-order valence-corrected chi connectivity index (χ2v) is 6.40. The van der Waals surface area contributed by atoms with Gasteiger partial charge in [0.1, 0.15) is 5.75 Å². The van der Waals surface area contributed by atoms with E-state index in [0.717, 1.165) is 6.07 Å². The molecule has 0 radical (unpaired) electrons. The Kier molecular flexibility index (Phi) is 4.35. The Labute approximate surface area is 119 Å². The average Bonchev–Trinajstić information content (AvgIpc) is 2.35. The third-order valence-electron chi connectivity index (χ3n) is 2.07. The Morgan fingerprint density at radius 1 is 1.00 bits per heavy atom. The SMILES string of the molecule is O=P(Cl)(Oc1ccc(Cl)cc1)Oc1ccccc1F. The van der Waals surface area contributed by atoms with Gasteiger partial charge in [-0.1, -0.05) is 23.7 Å². The fourth-order valence-corrected chi connectivity index (χ4v) is 2.66. The molecular weight excluding hydrogens is 313 g/mol. The quantitative estimate of drug-likeness (QED) is 0.718. The molecule has 0 amide bonds. The van der Waals surface area contributed by atoms with Crippen molar-refractivity contribution < 1.29 is 18.0 Å². The lowest BCUT2D eigenvalue weighted by molar-refractivity contribution is 0.395. The van der Waals surface area contributed by atoms with Crippen LogP contribution in [0.2, 0.25) is 5.02 Å². The predicted molar refractivity (Wildman–Crippen MR) is 72.6 cm³/mol. The summed E-state index contributed by atoms with van der Waals surface area (Å²) in [5.74, 6) is -0.711. The molecule has 0 saturated carbocycles.